The molecule has 2 N–H and O–H groups in total. The number of fused-ring (bicyclic) bond motifs is 1. The Hall–Kier alpha value is -2.37. The molecule has 2 unspecified atom stereocenters. The van der Waals surface area contributed by atoms with E-state index in [0.717, 1.165) is 5.52 Å². The molecule has 0 saturated heterocycles. The predicted octanol–water partition coefficient (Wildman–Crippen LogP) is 2.49. The van der Waals surface area contributed by atoms with Gasteiger partial charge in [0.15, 0.2) is 5.65 Å². The number of pyridine rings is 1. The van der Waals surface area contributed by atoms with Gasteiger partial charge in [0.05, 0.1) is 18.0 Å². The van der Waals surface area contributed by atoms with Gasteiger partial charge in [-0.3, -0.25) is 4.79 Å². The monoisotopic (exact) mass is 287 g/mol. The van der Waals surface area contributed by atoms with Crippen molar-refractivity contribution in [2.24, 2.45) is 5.92 Å². The van der Waals surface area contributed by atoms with Crippen molar-refractivity contribution < 1.29 is 14.6 Å². The van der Waals surface area contributed by atoms with Crippen molar-refractivity contribution in [3.63, 3.8) is 0 Å². The number of carbonyl (C=O) groups is 1. The number of aromatic amines is 1. The van der Waals surface area contributed by atoms with E-state index >= 15 is 0 Å². The number of allylic oxidation sites excluding steroid dienone is 2. The van der Waals surface area contributed by atoms with Gasteiger partial charge in [-0.2, -0.15) is 4.98 Å². The maximum Gasteiger partial charge on any atom is 0.307 e. The van der Waals surface area contributed by atoms with Crippen LogP contribution in [-0.2, 0) is 4.79 Å². The number of H-pyrrole nitrogens is 1. The van der Waals surface area contributed by atoms with Crippen LogP contribution in [0.15, 0.2) is 24.3 Å². The van der Waals surface area contributed by atoms with Gasteiger partial charge in [0, 0.05) is 12.0 Å². The van der Waals surface area contributed by atoms with E-state index in [4.69, 9.17) is 4.74 Å². The second kappa shape index (κ2) is 5.55. The lowest BCUT2D eigenvalue weighted by Crippen LogP contribution is -2.24. The molecule has 3 rings (SSSR count). The van der Waals surface area contributed by atoms with Gasteiger partial charge in [0.2, 0.25) is 5.88 Å². The van der Waals surface area contributed by atoms with Gasteiger partial charge in [0.1, 0.15) is 5.82 Å². The number of carboxylic acid groups (broad SMARTS) is 1. The van der Waals surface area contributed by atoms with Gasteiger partial charge in [-0.1, -0.05) is 12.2 Å². The molecular formula is C15H17N3O3. The molecule has 0 fully saturated rings. The summed E-state index contributed by atoms with van der Waals surface area (Å²) in [6.45, 7) is 2.44. The maximum atomic E-state index is 11.4. The molecular weight excluding hydrogens is 270 g/mol. The molecule has 0 aromatic carbocycles. The Balaban J connectivity index is 1.96. The molecule has 0 saturated carbocycles. The summed E-state index contributed by atoms with van der Waals surface area (Å²) in [5.74, 6) is -0.156. The van der Waals surface area contributed by atoms with Crippen molar-refractivity contribution >= 4 is 17.1 Å². The van der Waals surface area contributed by atoms with Gasteiger partial charge in [-0.25, -0.2) is 4.98 Å². The Morgan fingerprint density at radius 1 is 1.38 bits per heavy atom. The van der Waals surface area contributed by atoms with E-state index in [1.54, 1.807) is 6.07 Å². The molecule has 2 aromatic rings. The highest BCUT2D eigenvalue weighted by Crippen LogP contribution is 2.34. The van der Waals surface area contributed by atoms with Crippen LogP contribution < -0.4 is 4.74 Å². The van der Waals surface area contributed by atoms with Crippen LogP contribution in [0.3, 0.4) is 0 Å². The third-order valence-corrected chi connectivity index (χ3v) is 3.73. The maximum absolute atomic E-state index is 11.4. The number of nitrogens with one attached hydrogen (secondary N) is 1. The third-order valence-electron chi connectivity index (χ3n) is 3.73. The van der Waals surface area contributed by atoms with E-state index in [-0.39, 0.29) is 5.92 Å². The number of nitrogens with zero attached hydrogens (tertiary/aromatic N) is 2. The summed E-state index contributed by atoms with van der Waals surface area (Å²) in [7, 11) is 0. The smallest absolute Gasteiger partial charge is 0.307 e. The van der Waals surface area contributed by atoms with Gasteiger partial charge >= 0.3 is 5.97 Å². The Kier molecular flexibility index (Phi) is 3.60. The highest BCUT2D eigenvalue weighted by atomic mass is 16.5. The number of aromatic nitrogens is 3. The first-order chi connectivity index (χ1) is 10.2. The van der Waals surface area contributed by atoms with Crippen LogP contribution in [0.2, 0.25) is 0 Å². The predicted molar refractivity (Wildman–Crippen MR) is 77.3 cm³/mol. The minimum atomic E-state index is -0.784. The fraction of sp³-hybridized carbons (Fsp3) is 0.400. The summed E-state index contributed by atoms with van der Waals surface area (Å²) in [5, 5.41) is 9.35. The van der Waals surface area contributed by atoms with Crippen LogP contribution in [0.4, 0.5) is 0 Å². The second-order valence-electron chi connectivity index (χ2n) is 5.07. The molecule has 21 heavy (non-hydrogen) atoms. The first kappa shape index (κ1) is 13.6. The number of ether oxygens (including phenoxy) is 1. The average molecular weight is 287 g/mol. The zero-order valence-corrected chi connectivity index (χ0v) is 11.7. The second-order valence-corrected chi connectivity index (χ2v) is 5.07. The lowest BCUT2D eigenvalue weighted by Gasteiger charge is -2.23. The van der Waals surface area contributed by atoms with E-state index in [1.807, 2.05) is 25.1 Å². The van der Waals surface area contributed by atoms with Crippen molar-refractivity contribution in [1.82, 2.24) is 15.0 Å². The molecule has 1 aliphatic rings. The van der Waals surface area contributed by atoms with E-state index in [9.17, 15) is 9.90 Å². The Morgan fingerprint density at radius 3 is 2.95 bits per heavy atom. The average Bonchev–Trinajstić information content (AvgIpc) is 2.90. The summed E-state index contributed by atoms with van der Waals surface area (Å²) in [6, 6.07) is 3.64. The molecule has 0 amide bonds. The molecule has 2 aromatic heterocycles. The summed E-state index contributed by atoms with van der Waals surface area (Å²) in [5.41, 5.74) is 1.36. The van der Waals surface area contributed by atoms with Crippen LogP contribution >= 0.6 is 0 Å². The van der Waals surface area contributed by atoms with Gasteiger partial charge < -0.3 is 14.8 Å². The fourth-order valence-electron chi connectivity index (χ4n) is 2.69. The Bertz CT molecular complexity index is 693. The number of hydrogen-bond acceptors (Lipinski definition) is 4. The van der Waals surface area contributed by atoms with Crippen molar-refractivity contribution in [1.29, 1.82) is 0 Å². The molecule has 110 valence electrons. The van der Waals surface area contributed by atoms with Crippen LogP contribution in [0.1, 0.15) is 31.5 Å². The number of rotatable bonds is 4. The molecule has 2 atom stereocenters. The molecule has 0 bridgehead atoms. The van der Waals surface area contributed by atoms with Crippen LogP contribution in [-0.4, -0.2) is 32.6 Å². The zero-order chi connectivity index (χ0) is 14.8. The molecule has 0 aliphatic heterocycles. The van der Waals surface area contributed by atoms with Crippen molar-refractivity contribution in [2.75, 3.05) is 6.61 Å². The lowest BCUT2D eigenvalue weighted by atomic mass is 9.82. The van der Waals surface area contributed by atoms with Gasteiger partial charge in [-0.15, -0.1) is 0 Å². The molecule has 2 heterocycles. The van der Waals surface area contributed by atoms with Gasteiger partial charge in [-0.05, 0) is 25.8 Å². The van der Waals surface area contributed by atoms with Crippen LogP contribution in [0.25, 0.3) is 11.2 Å². The van der Waals surface area contributed by atoms with Crippen molar-refractivity contribution in [3.05, 3.63) is 30.1 Å². The fourth-order valence-corrected chi connectivity index (χ4v) is 2.69. The molecule has 6 heteroatoms. The Morgan fingerprint density at radius 2 is 2.19 bits per heavy atom. The third kappa shape index (κ3) is 2.61. The summed E-state index contributed by atoms with van der Waals surface area (Å²) >= 11 is 0. The summed E-state index contributed by atoms with van der Waals surface area (Å²) < 4.78 is 5.36. The van der Waals surface area contributed by atoms with E-state index in [1.165, 1.54) is 0 Å². The number of carboxylic acids is 1. The summed E-state index contributed by atoms with van der Waals surface area (Å²) in [4.78, 5) is 23.4. The lowest BCUT2D eigenvalue weighted by molar-refractivity contribution is -0.142. The molecule has 0 spiro atoms. The zero-order valence-electron chi connectivity index (χ0n) is 11.7. The van der Waals surface area contributed by atoms with Crippen LogP contribution in [0.5, 0.6) is 5.88 Å². The van der Waals surface area contributed by atoms with E-state index in [0.29, 0.717) is 36.8 Å². The largest absolute Gasteiger partial charge is 0.481 e. The number of imidazole rings is 1. The highest BCUT2D eigenvalue weighted by Gasteiger charge is 2.32. The van der Waals surface area contributed by atoms with Crippen molar-refractivity contribution in [3.8, 4) is 5.88 Å². The standard InChI is InChI=1S/C15H17N3O3/c1-2-21-12-8-7-11-14(17-12)18-13(16-11)9-5-3-4-6-10(9)15(19)20/h3-4,7-10H,2,5-6H2,1H3,(H,19,20)(H,16,17,18). The number of aliphatic carboxylic acids is 1. The first-order valence-corrected chi connectivity index (χ1v) is 7.06. The SMILES string of the molecule is CCOc1ccc2[nH]c(C3CC=CCC3C(=O)O)nc2n1. The molecule has 1 aliphatic carbocycles. The minimum Gasteiger partial charge on any atom is -0.481 e. The summed E-state index contributed by atoms with van der Waals surface area (Å²) in [6.07, 6.45) is 5.14. The van der Waals surface area contributed by atoms with E-state index in [2.05, 4.69) is 15.0 Å². The number of hydrogen-bond donors (Lipinski definition) is 2. The normalized spacial score (nSPS) is 21.6. The van der Waals surface area contributed by atoms with Crippen LogP contribution in [0, 0.1) is 5.92 Å². The molecule has 6 nitrogen and oxygen atoms in total. The quantitative estimate of drug-likeness (QED) is 0.843. The van der Waals surface area contributed by atoms with Gasteiger partial charge in [0.25, 0.3) is 0 Å². The Labute approximate surface area is 121 Å². The minimum absolute atomic E-state index is 0.141. The van der Waals surface area contributed by atoms with Crippen molar-refractivity contribution in [2.45, 2.75) is 25.7 Å². The highest BCUT2D eigenvalue weighted by molar-refractivity contribution is 5.74. The topological polar surface area (TPSA) is 88.1 Å². The van der Waals surface area contributed by atoms with E-state index < -0.39 is 11.9 Å². The molecule has 0 radical (unpaired) electrons. The first-order valence-electron chi connectivity index (χ1n) is 7.06.